The Kier molecular flexibility index (Phi) is 11.0. The van der Waals surface area contributed by atoms with Crippen LogP contribution >= 0.6 is 0 Å². The minimum atomic E-state index is -1.01. The van der Waals surface area contributed by atoms with Crippen molar-refractivity contribution in [3.8, 4) is 28.4 Å². The molecule has 0 bridgehead atoms. The van der Waals surface area contributed by atoms with Crippen molar-refractivity contribution in [2.24, 2.45) is 0 Å². The summed E-state index contributed by atoms with van der Waals surface area (Å²) >= 11 is 0. The number of carbonyl (C=O) groups excluding carboxylic acids is 2. The SMILES string of the molecule is COc1cccc(CNC(=O)c2ccccc2-c2ccccc2C(=O)N(CCC(=O)O)CCc2cc(OC)ccc2OC)c1. The van der Waals surface area contributed by atoms with Gasteiger partial charge in [-0.05, 0) is 71.1 Å². The van der Waals surface area contributed by atoms with E-state index < -0.39 is 5.97 Å². The summed E-state index contributed by atoms with van der Waals surface area (Å²) in [4.78, 5) is 40.5. The molecule has 228 valence electrons. The van der Waals surface area contributed by atoms with Crippen LogP contribution in [0.25, 0.3) is 11.1 Å². The zero-order chi connectivity index (χ0) is 31.5. The van der Waals surface area contributed by atoms with E-state index in [2.05, 4.69) is 5.32 Å². The predicted molar refractivity (Wildman–Crippen MR) is 167 cm³/mol. The smallest absolute Gasteiger partial charge is 0.305 e. The van der Waals surface area contributed by atoms with E-state index in [0.717, 1.165) is 11.1 Å². The summed E-state index contributed by atoms with van der Waals surface area (Å²) in [5, 5.41) is 12.4. The van der Waals surface area contributed by atoms with Crippen molar-refractivity contribution in [3.05, 3.63) is 113 Å². The van der Waals surface area contributed by atoms with E-state index in [1.54, 1.807) is 75.9 Å². The van der Waals surface area contributed by atoms with Gasteiger partial charge in [0.25, 0.3) is 11.8 Å². The van der Waals surface area contributed by atoms with Crippen molar-refractivity contribution >= 4 is 17.8 Å². The van der Waals surface area contributed by atoms with E-state index in [9.17, 15) is 19.5 Å². The average molecular weight is 597 g/mol. The normalized spacial score (nSPS) is 10.5. The van der Waals surface area contributed by atoms with Crippen LogP contribution in [0.5, 0.6) is 17.2 Å². The summed E-state index contributed by atoms with van der Waals surface area (Å²) in [6, 6.07) is 27.0. The molecule has 4 aromatic carbocycles. The Hall–Kier alpha value is -5.31. The maximum absolute atomic E-state index is 14.1. The van der Waals surface area contributed by atoms with Crippen LogP contribution in [-0.2, 0) is 17.8 Å². The predicted octanol–water partition coefficient (Wildman–Crippen LogP) is 5.47. The third-order valence-electron chi connectivity index (χ3n) is 7.23. The number of rotatable bonds is 14. The second-order valence-corrected chi connectivity index (χ2v) is 9.99. The average Bonchev–Trinajstić information content (AvgIpc) is 3.06. The Morgan fingerprint density at radius 1 is 0.727 bits per heavy atom. The highest BCUT2D eigenvalue weighted by atomic mass is 16.5. The lowest BCUT2D eigenvalue weighted by molar-refractivity contribution is -0.137. The standard InChI is InChI=1S/C35H36N2O7/c1-42-26-10-8-9-24(21-26)23-36-34(40)30-13-6-4-11-28(30)29-12-5-7-14-31(29)35(41)37(20-18-33(38)39)19-17-25-22-27(43-2)15-16-32(25)44-3/h4-16,21-22H,17-20,23H2,1-3H3,(H,36,40)(H,38,39). The van der Waals surface area contributed by atoms with Gasteiger partial charge in [0.05, 0.1) is 27.8 Å². The van der Waals surface area contributed by atoms with Crippen LogP contribution in [0.3, 0.4) is 0 Å². The maximum atomic E-state index is 14.1. The molecule has 0 heterocycles. The van der Waals surface area contributed by atoms with E-state index >= 15 is 0 Å². The number of amides is 2. The van der Waals surface area contributed by atoms with E-state index in [-0.39, 0.29) is 31.3 Å². The molecule has 4 aromatic rings. The molecule has 0 aliphatic carbocycles. The van der Waals surface area contributed by atoms with Gasteiger partial charge in [-0.25, -0.2) is 0 Å². The Bertz CT molecular complexity index is 1620. The molecule has 0 aliphatic heterocycles. The van der Waals surface area contributed by atoms with E-state index in [0.29, 0.717) is 52.5 Å². The highest BCUT2D eigenvalue weighted by Gasteiger charge is 2.23. The first-order valence-corrected chi connectivity index (χ1v) is 14.2. The van der Waals surface area contributed by atoms with Gasteiger partial charge < -0.3 is 29.5 Å². The molecule has 0 fully saturated rings. The van der Waals surface area contributed by atoms with Gasteiger partial charge in [0, 0.05) is 30.8 Å². The Labute approximate surface area is 257 Å². The fourth-order valence-corrected chi connectivity index (χ4v) is 4.93. The van der Waals surface area contributed by atoms with Crippen LogP contribution in [0, 0.1) is 0 Å². The third-order valence-corrected chi connectivity index (χ3v) is 7.23. The number of ether oxygens (including phenoxy) is 3. The van der Waals surface area contributed by atoms with Gasteiger partial charge in [0.15, 0.2) is 0 Å². The minimum Gasteiger partial charge on any atom is -0.497 e. The van der Waals surface area contributed by atoms with Crippen LogP contribution in [0.15, 0.2) is 91.0 Å². The zero-order valence-electron chi connectivity index (χ0n) is 25.0. The van der Waals surface area contributed by atoms with Gasteiger partial charge in [-0.15, -0.1) is 0 Å². The molecule has 0 saturated heterocycles. The van der Waals surface area contributed by atoms with Gasteiger partial charge in [0.1, 0.15) is 17.2 Å². The molecule has 0 aliphatic rings. The number of benzene rings is 4. The highest BCUT2D eigenvalue weighted by molar-refractivity contribution is 6.06. The molecule has 0 saturated carbocycles. The number of nitrogens with one attached hydrogen (secondary N) is 1. The number of carboxylic acid groups (broad SMARTS) is 1. The molecule has 2 N–H and O–H groups in total. The van der Waals surface area contributed by atoms with Crippen molar-refractivity contribution in [1.82, 2.24) is 10.2 Å². The highest BCUT2D eigenvalue weighted by Crippen LogP contribution is 2.29. The molecule has 0 atom stereocenters. The van der Waals surface area contributed by atoms with E-state index in [4.69, 9.17) is 14.2 Å². The van der Waals surface area contributed by atoms with Crippen LogP contribution in [0.1, 0.15) is 38.3 Å². The molecule has 9 nitrogen and oxygen atoms in total. The Balaban J connectivity index is 1.62. The van der Waals surface area contributed by atoms with Crippen molar-refractivity contribution in [2.45, 2.75) is 19.4 Å². The quantitative estimate of drug-likeness (QED) is 0.198. The van der Waals surface area contributed by atoms with Crippen molar-refractivity contribution in [2.75, 3.05) is 34.4 Å². The Morgan fingerprint density at radius 2 is 1.39 bits per heavy atom. The van der Waals surface area contributed by atoms with Gasteiger partial charge in [0.2, 0.25) is 0 Å². The fourth-order valence-electron chi connectivity index (χ4n) is 4.93. The van der Waals surface area contributed by atoms with Crippen LogP contribution in [-0.4, -0.2) is 62.2 Å². The fraction of sp³-hybridized carbons (Fsp3) is 0.229. The number of hydrogen-bond acceptors (Lipinski definition) is 6. The zero-order valence-corrected chi connectivity index (χ0v) is 25.0. The van der Waals surface area contributed by atoms with Gasteiger partial charge in [-0.3, -0.25) is 14.4 Å². The molecule has 0 aromatic heterocycles. The largest absolute Gasteiger partial charge is 0.497 e. The lowest BCUT2D eigenvalue weighted by Crippen LogP contribution is -2.35. The van der Waals surface area contributed by atoms with Crippen LogP contribution in [0.2, 0.25) is 0 Å². The second kappa shape index (κ2) is 15.2. The number of carbonyl (C=O) groups is 3. The summed E-state index contributed by atoms with van der Waals surface area (Å²) < 4.78 is 16.1. The van der Waals surface area contributed by atoms with Gasteiger partial charge in [-0.2, -0.15) is 0 Å². The third kappa shape index (κ3) is 7.95. The van der Waals surface area contributed by atoms with E-state index in [1.165, 1.54) is 4.90 Å². The summed E-state index contributed by atoms with van der Waals surface area (Å²) in [6.45, 7) is 0.547. The lowest BCUT2D eigenvalue weighted by atomic mass is 9.94. The van der Waals surface area contributed by atoms with Crippen LogP contribution in [0.4, 0.5) is 0 Å². The maximum Gasteiger partial charge on any atom is 0.305 e. The molecule has 44 heavy (non-hydrogen) atoms. The molecular weight excluding hydrogens is 560 g/mol. The lowest BCUT2D eigenvalue weighted by Gasteiger charge is -2.24. The monoisotopic (exact) mass is 596 g/mol. The van der Waals surface area contributed by atoms with Gasteiger partial charge in [-0.1, -0.05) is 48.5 Å². The summed E-state index contributed by atoms with van der Waals surface area (Å²) in [7, 11) is 4.73. The molecule has 9 heteroatoms. The first-order valence-electron chi connectivity index (χ1n) is 14.2. The molecule has 0 spiro atoms. The minimum absolute atomic E-state index is 0.0114. The second-order valence-electron chi connectivity index (χ2n) is 9.99. The molecule has 0 unspecified atom stereocenters. The molecule has 2 amide bonds. The van der Waals surface area contributed by atoms with Crippen molar-refractivity contribution in [3.63, 3.8) is 0 Å². The molecular formula is C35H36N2O7. The number of nitrogens with zero attached hydrogens (tertiary/aromatic N) is 1. The first-order chi connectivity index (χ1) is 21.3. The van der Waals surface area contributed by atoms with Crippen molar-refractivity contribution in [1.29, 1.82) is 0 Å². The molecule has 0 radical (unpaired) electrons. The van der Waals surface area contributed by atoms with Crippen LogP contribution < -0.4 is 19.5 Å². The number of carboxylic acids is 1. The summed E-state index contributed by atoms with van der Waals surface area (Å²) in [5.41, 5.74) is 3.65. The van der Waals surface area contributed by atoms with E-state index in [1.807, 2.05) is 36.4 Å². The number of aliphatic carboxylic acids is 1. The van der Waals surface area contributed by atoms with Gasteiger partial charge >= 0.3 is 5.97 Å². The number of methoxy groups -OCH3 is 3. The summed E-state index contributed by atoms with van der Waals surface area (Å²) in [5.74, 6) is 0.352. The molecule has 4 rings (SSSR count). The number of hydrogen-bond donors (Lipinski definition) is 2. The first kappa shape index (κ1) is 31.6. The topological polar surface area (TPSA) is 114 Å². The van der Waals surface area contributed by atoms with Crippen molar-refractivity contribution < 1.29 is 33.7 Å². The Morgan fingerprint density at radius 3 is 2.07 bits per heavy atom. The summed E-state index contributed by atoms with van der Waals surface area (Å²) in [6.07, 6.45) is 0.198.